The SMILES string of the molecule is CC(C)(C)C(=O)O[C@H](c1ccccc1)[C@H]1CCC(=O)N1.CC(C)(C)C(=O)O[C@H](c1ccccc1)[C@H]1CCC(=O)N1.CC(C)(C)C(=O)O[C@H](c1ccccc1)[C@H]1CCC(=O)N1.CC(C)(C)C(=O)O[C@H](c1ccccc1)[C@H]1CCC(=O)N1. The van der Waals surface area contributed by atoms with Crippen LogP contribution in [0.5, 0.6) is 0 Å². The molecule has 0 aliphatic carbocycles. The lowest BCUT2D eigenvalue weighted by molar-refractivity contribution is -0.161. The average Bonchev–Trinajstić information content (AvgIpc) is 4.25. The normalized spacial score (nSPS) is 20.4. The molecule has 4 aromatic carbocycles. The minimum Gasteiger partial charge on any atom is -0.455 e. The smallest absolute Gasteiger partial charge is 0.311 e. The van der Waals surface area contributed by atoms with E-state index in [-0.39, 0.29) is 71.7 Å². The van der Waals surface area contributed by atoms with Gasteiger partial charge in [0.2, 0.25) is 23.6 Å². The number of ether oxygens (including phenoxy) is 4. The highest BCUT2D eigenvalue weighted by Crippen LogP contribution is 2.34. The molecule has 4 aromatic rings. The van der Waals surface area contributed by atoms with Crippen LogP contribution in [0.4, 0.5) is 0 Å². The van der Waals surface area contributed by atoms with Gasteiger partial charge in [-0.1, -0.05) is 121 Å². The van der Waals surface area contributed by atoms with Crippen LogP contribution in [0, 0.1) is 21.7 Å². The zero-order chi connectivity index (χ0) is 59.0. The van der Waals surface area contributed by atoms with Crippen molar-refractivity contribution >= 4 is 47.5 Å². The summed E-state index contributed by atoms with van der Waals surface area (Å²) in [6, 6.07) is 37.7. The van der Waals surface area contributed by atoms with Crippen molar-refractivity contribution in [2.75, 3.05) is 0 Å². The standard InChI is InChI=1S/4C16H21NO3/c4*1-16(2,3)15(19)20-14(11-7-5-4-6-8-11)12-9-10-13(18)17-12/h4*4-8,12,14H,9-10H2,1-3H3,(H,17,18)/t4*12-,14-/m1111/s1. The number of benzene rings is 4. The van der Waals surface area contributed by atoms with Crippen LogP contribution in [0.1, 0.15) is 181 Å². The van der Waals surface area contributed by atoms with Gasteiger partial charge in [-0.05, 0) is 131 Å². The molecule has 4 saturated heterocycles. The van der Waals surface area contributed by atoms with Crippen molar-refractivity contribution in [1.29, 1.82) is 0 Å². The number of carbonyl (C=O) groups excluding carboxylic acids is 8. The molecule has 16 nitrogen and oxygen atoms in total. The number of hydrogen-bond acceptors (Lipinski definition) is 12. The van der Waals surface area contributed by atoms with Gasteiger partial charge >= 0.3 is 23.9 Å². The Labute approximate surface area is 472 Å². The molecule has 0 bridgehead atoms. The molecule has 432 valence electrons. The van der Waals surface area contributed by atoms with Crippen LogP contribution in [-0.2, 0) is 57.3 Å². The molecule has 8 rings (SSSR count). The fraction of sp³-hybridized carbons (Fsp3) is 0.500. The molecule has 4 N–H and O–H groups in total. The molecule has 4 aliphatic heterocycles. The molecule has 80 heavy (non-hydrogen) atoms. The van der Waals surface area contributed by atoms with Gasteiger partial charge in [-0.3, -0.25) is 38.4 Å². The first-order valence-electron chi connectivity index (χ1n) is 27.7. The van der Waals surface area contributed by atoms with Gasteiger partial charge in [0.05, 0.1) is 45.8 Å². The van der Waals surface area contributed by atoms with Crippen LogP contribution in [-0.4, -0.2) is 71.7 Å². The number of amides is 4. The third-order valence-electron chi connectivity index (χ3n) is 13.5. The van der Waals surface area contributed by atoms with Crippen molar-refractivity contribution in [3.8, 4) is 0 Å². The Balaban J connectivity index is 0.000000196. The third kappa shape index (κ3) is 19.5. The molecule has 4 fully saturated rings. The predicted octanol–water partition coefficient (Wildman–Crippen LogP) is 10.4. The molecule has 0 saturated carbocycles. The molecular weight excluding hydrogens is 1020 g/mol. The van der Waals surface area contributed by atoms with Gasteiger partial charge in [0.15, 0.2) is 0 Å². The molecule has 0 spiro atoms. The van der Waals surface area contributed by atoms with Crippen LogP contribution in [0.2, 0.25) is 0 Å². The predicted molar refractivity (Wildman–Crippen MR) is 304 cm³/mol. The fourth-order valence-corrected chi connectivity index (χ4v) is 8.73. The number of esters is 4. The number of nitrogens with one attached hydrogen (secondary N) is 4. The second-order valence-electron chi connectivity index (χ2n) is 24.8. The van der Waals surface area contributed by atoms with Crippen molar-refractivity contribution in [3.63, 3.8) is 0 Å². The Morgan fingerprint density at radius 2 is 0.487 bits per heavy atom. The van der Waals surface area contributed by atoms with E-state index in [1.54, 1.807) is 0 Å². The maximum atomic E-state index is 12.2. The van der Waals surface area contributed by atoms with E-state index < -0.39 is 46.1 Å². The molecule has 16 heteroatoms. The van der Waals surface area contributed by atoms with E-state index in [9.17, 15) is 38.4 Å². The summed E-state index contributed by atoms with van der Waals surface area (Å²) in [5.74, 6) is -0.962. The summed E-state index contributed by atoms with van der Waals surface area (Å²) in [5, 5.41) is 11.6. The first-order chi connectivity index (χ1) is 37.5. The van der Waals surface area contributed by atoms with Crippen molar-refractivity contribution in [3.05, 3.63) is 144 Å². The Morgan fingerprint density at radius 1 is 0.325 bits per heavy atom. The molecule has 0 aromatic heterocycles. The lowest BCUT2D eigenvalue weighted by atomic mass is 9.96. The second-order valence-corrected chi connectivity index (χ2v) is 24.8. The summed E-state index contributed by atoms with van der Waals surface area (Å²) in [6.07, 6.45) is 3.02. The van der Waals surface area contributed by atoms with Gasteiger partial charge in [-0.2, -0.15) is 0 Å². The summed E-state index contributed by atoms with van der Waals surface area (Å²) in [5.41, 5.74) is 1.42. The Bertz CT molecular complexity index is 2330. The van der Waals surface area contributed by atoms with Crippen molar-refractivity contribution in [2.24, 2.45) is 21.7 Å². The minimum absolute atomic E-state index is 0.0164. The quantitative estimate of drug-likeness (QED) is 0.0769. The molecule has 4 aliphatic rings. The topological polar surface area (TPSA) is 222 Å². The highest BCUT2D eigenvalue weighted by atomic mass is 16.6. The summed E-state index contributed by atoms with van der Waals surface area (Å²) in [6.45, 7) is 21.9. The van der Waals surface area contributed by atoms with Crippen molar-refractivity contribution in [2.45, 2.75) is 183 Å². The van der Waals surface area contributed by atoms with Crippen LogP contribution >= 0.6 is 0 Å². The zero-order valence-corrected chi connectivity index (χ0v) is 48.7. The van der Waals surface area contributed by atoms with Crippen molar-refractivity contribution < 1.29 is 57.3 Å². The molecule has 8 atom stereocenters. The maximum absolute atomic E-state index is 12.2. The van der Waals surface area contributed by atoms with Crippen molar-refractivity contribution in [1.82, 2.24) is 21.3 Å². The fourth-order valence-electron chi connectivity index (χ4n) is 8.73. The zero-order valence-electron chi connectivity index (χ0n) is 48.7. The van der Waals surface area contributed by atoms with E-state index in [0.29, 0.717) is 51.4 Å². The number of rotatable bonds is 12. The molecule has 4 amide bonds. The van der Waals surface area contributed by atoms with Gasteiger partial charge in [0, 0.05) is 25.7 Å². The van der Waals surface area contributed by atoms with Crippen LogP contribution < -0.4 is 21.3 Å². The van der Waals surface area contributed by atoms with Gasteiger partial charge in [-0.15, -0.1) is 0 Å². The summed E-state index contributed by atoms with van der Waals surface area (Å²) in [4.78, 5) is 94.3. The van der Waals surface area contributed by atoms with E-state index in [2.05, 4.69) is 21.3 Å². The Hall–Kier alpha value is -7.36. The monoisotopic (exact) mass is 1100 g/mol. The van der Waals surface area contributed by atoms with E-state index in [4.69, 9.17) is 18.9 Å². The third-order valence-corrected chi connectivity index (χ3v) is 13.5. The van der Waals surface area contributed by atoms with Gasteiger partial charge in [-0.25, -0.2) is 0 Å². The molecular formula is C64H84N4O12. The number of carbonyl (C=O) groups is 8. The van der Waals surface area contributed by atoms with E-state index in [1.165, 1.54) is 0 Å². The van der Waals surface area contributed by atoms with E-state index >= 15 is 0 Å². The largest absolute Gasteiger partial charge is 0.455 e. The van der Waals surface area contributed by atoms with Gasteiger partial charge in [0.1, 0.15) is 24.4 Å². The van der Waals surface area contributed by atoms with Gasteiger partial charge < -0.3 is 40.2 Å². The summed E-state index contributed by atoms with van der Waals surface area (Å²) < 4.78 is 22.7. The molecule has 0 unspecified atom stereocenters. The maximum Gasteiger partial charge on any atom is 0.311 e. The summed E-state index contributed by atoms with van der Waals surface area (Å²) in [7, 11) is 0. The van der Waals surface area contributed by atoms with E-state index in [0.717, 1.165) is 22.3 Å². The first kappa shape index (κ1) is 63.5. The molecule has 4 heterocycles. The second kappa shape index (κ2) is 28.2. The van der Waals surface area contributed by atoms with Crippen LogP contribution in [0.3, 0.4) is 0 Å². The highest BCUT2D eigenvalue weighted by Gasteiger charge is 2.39. The average molecular weight is 1100 g/mol. The van der Waals surface area contributed by atoms with Gasteiger partial charge in [0.25, 0.3) is 0 Å². The number of hydrogen-bond donors (Lipinski definition) is 4. The van der Waals surface area contributed by atoms with E-state index in [1.807, 2.05) is 204 Å². The minimum atomic E-state index is -0.560. The van der Waals surface area contributed by atoms with Crippen LogP contribution in [0.25, 0.3) is 0 Å². The summed E-state index contributed by atoms with van der Waals surface area (Å²) >= 11 is 0. The highest BCUT2D eigenvalue weighted by molar-refractivity contribution is 5.81. The Morgan fingerprint density at radius 3 is 0.613 bits per heavy atom. The lowest BCUT2D eigenvalue weighted by Gasteiger charge is -2.27. The van der Waals surface area contributed by atoms with Crippen LogP contribution in [0.15, 0.2) is 121 Å². The Kier molecular flexibility index (Phi) is 22.4. The lowest BCUT2D eigenvalue weighted by Crippen LogP contribution is -2.36. The first-order valence-corrected chi connectivity index (χ1v) is 27.7. The molecule has 0 radical (unpaired) electrons.